The van der Waals surface area contributed by atoms with Crippen molar-refractivity contribution in [1.29, 1.82) is 0 Å². The van der Waals surface area contributed by atoms with Crippen LogP contribution in [0.15, 0.2) is 22.1 Å². The van der Waals surface area contributed by atoms with E-state index >= 15 is 0 Å². The summed E-state index contributed by atoms with van der Waals surface area (Å²) in [6.45, 7) is 0. The first-order chi connectivity index (χ1) is 9.69. The highest BCUT2D eigenvalue weighted by molar-refractivity contribution is 9.11. The number of rotatable bonds is 2. The van der Waals surface area contributed by atoms with Crippen LogP contribution in [-0.2, 0) is 0 Å². The summed E-state index contributed by atoms with van der Waals surface area (Å²) in [5.41, 5.74) is 1.57. The lowest BCUT2D eigenvalue weighted by Crippen LogP contribution is -2.42. The van der Waals surface area contributed by atoms with E-state index < -0.39 is 0 Å². The van der Waals surface area contributed by atoms with E-state index in [0.717, 1.165) is 20.6 Å². The van der Waals surface area contributed by atoms with Crippen LogP contribution in [0.5, 0.6) is 0 Å². The summed E-state index contributed by atoms with van der Waals surface area (Å²) in [5.74, 6) is 0.00960. The molecule has 20 heavy (non-hydrogen) atoms. The highest BCUT2D eigenvalue weighted by Crippen LogP contribution is 2.29. The molecule has 2 fully saturated rings. The number of thiazole rings is 1. The minimum atomic E-state index is 0.00960. The molecule has 0 aliphatic carbocycles. The van der Waals surface area contributed by atoms with Gasteiger partial charge < -0.3 is 10.6 Å². The smallest absolute Gasteiger partial charge is 0.251 e. The Morgan fingerprint density at radius 1 is 1.45 bits per heavy atom. The van der Waals surface area contributed by atoms with E-state index in [-0.39, 0.29) is 11.9 Å². The second kappa shape index (κ2) is 4.79. The second-order valence-corrected chi connectivity index (χ2v) is 7.82. The number of aromatic nitrogens is 1. The van der Waals surface area contributed by atoms with E-state index in [0.29, 0.717) is 17.6 Å². The van der Waals surface area contributed by atoms with Gasteiger partial charge in [0.2, 0.25) is 0 Å². The molecule has 104 valence electrons. The van der Waals surface area contributed by atoms with Gasteiger partial charge >= 0.3 is 0 Å². The number of amides is 1. The Bertz CT molecular complexity index is 686. The van der Waals surface area contributed by atoms with Gasteiger partial charge in [-0.3, -0.25) is 4.79 Å². The van der Waals surface area contributed by atoms with E-state index in [1.165, 1.54) is 12.8 Å². The molecule has 2 saturated heterocycles. The average Bonchev–Trinajstić information content (AvgIpc) is 3.10. The Balaban J connectivity index is 1.54. The average molecular weight is 352 g/mol. The van der Waals surface area contributed by atoms with Crippen molar-refractivity contribution >= 4 is 43.4 Å². The number of halogens is 1. The first-order valence-electron chi connectivity index (χ1n) is 6.82. The first-order valence-corrected chi connectivity index (χ1v) is 8.43. The van der Waals surface area contributed by atoms with Crippen LogP contribution in [0.25, 0.3) is 10.2 Å². The third-order valence-electron chi connectivity index (χ3n) is 4.24. The Morgan fingerprint density at radius 2 is 2.35 bits per heavy atom. The standard InChI is InChI=1S/C14H14BrN3OS/c15-14-18-11-5-7(1-4-12(11)20-14)13(19)17-10-6-8-2-3-9(10)16-8/h1,4-5,8-10,16H,2-3,6H2,(H,17,19)/t8-,9+,10-/m1/s1. The van der Waals surface area contributed by atoms with E-state index in [1.54, 1.807) is 11.3 Å². The molecule has 2 aliphatic heterocycles. The summed E-state index contributed by atoms with van der Waals surface area (Å²) in [7, 11) is 0. The molecule has 1 aromatic heterocycles. The minimum absolute atomic E-state index is 0.00960. The van der Waals surface area contributed by atoms with Crippen molar-refractivity contribution in [2.24, 2.45) is 0 Å². The van der Waals surface area contributed by atoms with Gasteiger partial charge in [0.1, 0.15) is 0 Å². The quantitative estimate of drug-likeness (QED) is 0.874. The molecular weight excluding hydrogens is 338 g/mol. The number of hydrogen-bond acceptors (Lipinski definition) is 4. The second-order valence-electron chi connectivity index (χ2n) is 5.51. The Morgan fingerprint density at radius 3 is 3.10 bits per heavy atom. The monoisotopic (exact) mass is 351 g/mol. The fourth-order valence-corrected chi connectivity index (χ4v) is 4.66. The Kier molecular flexibility index (Phi) is 3.05. The summed E-state index contributed by atoms with van der Waals surface area (Å²) in [5, 5.41) is 6.70. The molecule has 2 N–H and O–H groups in total. The number of carbonyl (C=O) groups excluding carboxylic acids is 1. The van der Waals surface area contributed by atoms with Crippen LogP contribution in [0.1, 0.15) is 29.6 Å². The Hall–Kier alpha value is -0.980. The van der Waals surface area contributed by atoms with Gasteiger partial charge in [0.25, 0.3) is 5.91 Å². The Labute approximate surface area is 129 Å². The van der Waals surface area contributed by atoms with Gasteiger partial charge in [-0.05, 0) is 53.4 Å². The van der Waals surface area contributed by atoms with Gasteiger partial charge in [-0.2, -0.15) is 0 Å². The molecule has 0 saturated carbocycles. The van der Waals surface area contributed by atoms with Crippen LogP contribution in [0.2, 0.25) is 0 Å². The summed E-state index contributed by atoms with van der Waals surface area (Å²) >= 11 is 4.96. The maximum atomic E-state index is 12.4. The molecular formula is C14H14BrN3OS. The van der Waals surface area contributed by atoms with Crippen molar-refractivity contribution in [3.8, 4) is 0 Å². The zero-order valence-electron chi connectivity index (χ0n) is 10.7. The molecule has 4 rings (SSSR count). The molecule has 2 aliphatic rings. The zero-order chi connectivity index (χ0) is 13.7. The first kappa shape index (κ1) is 12.7. The van der Waals surface area contributed by atoms with Crippen LogP contribution >= 0.6 is 27.3 Å². The highest BCUT2D eigenvalue weighted by Gasteiger charge is 2.39. The summed E-state index contributed by atoms with van der Waals surface area (Å²) < 4.78 is 1.94. The van der Waals surface area contributed by atoms with Crippen molar-refractivity contribution < 1.29 is 4.79 Å². The largest absolute Gasteiger partial charge is 0.348 e. The molecule has 3 heterocycles. The van der Waals surface area contributed by atoms with Crippen LogP contribution < -0.4 is 10.6 Å². The molecule has 2 bridgehead atoms. The number of nitrogens with one attached hydrogen (secondary N) is 2. The number of fused-ring (bicyclic) bond motifs is 3. The molecule has 3 atom stereocenters. The van der Waals surface area contributed by atoms with Gasteiger partial charge in [-0.25, -0.2) is 4.98 Å². The predicted molar refractivity (Wildman–Crippen MR) is 83.1 cm³/mol. The third kappa shape index (κ3) is 2.16. The molecule has 4 nitrogen and oxygen atoms in total. The normalized spacial score (nSPS) is 28.1. The maximum absolute atomic E-state index is 12.4. The van der Waals surface area contributed by atoms with Gasteiger partial charge in [0.15, 0.2) is 3.92 Å². The number of nitrogens with zero attached hydrogens (tertiary/aromatic N) is 1. The lowest BCUT2D eigenvalue weighted by Gasteiger charge is -2.21. The van der Waals surface area contributed by atoms with Crippen LogP contribution in [0.4, 0.5) is 0 Å². The van der Waals surface area contributed by atoms with Gasteiger partial charge in [-0.15, -0.1) is 11.3 Å². The van der Waals surface area contributed by atoms with Gasteiger partial charge in [0.05, 0.1) is 10.2 Å². The third-order valence-corrected chi connectivity index (χ3v) is 5.73. The number of hydrogen-bond donors (Lipinski definition) is 2. The molecule has 0 spiro atoms. The van der Waals surface area contributed by atoms with Crippen LogP contribution in [-0.4, -0.2) is 29.0 Å². The molecule has 2 aromatic rings. The zero-order valence-corrected chi connectivity index (χ0v) is 13.1. The van der Waals surface area contributed by atoms with E-state index in [4.69, 9.17) is 0 Å². The number of carbonyl (C=O) groups is 1. The fraction of sp³-hybridized carbons (Fsp3) is 0.429. The van der Waals surface area contributed by atoms with Gasteiger partial charge in [-0.1, -0.05) is 0 Å². The number of benzene rings is 1. The van der Waals surface area contributed by atoms with Crippen LogP contribution in [0.3, 0.4) is 0 Å². The molecule has 1 amide bonds. The van der Waals surface area contributed by atoms with E-state index in [9.17, 15) is 4.79 Å². The molecule has 0 unspecified atom stereocenters. The SMILES string of the molecule is O=C(N[C@@H]1C[C@H]2CC[C@@H]1N2)c1ccc2sc(Br)nc2c1. The van der Waals surface area contributed by atoms with Crippen molar-refractivity contribution in [3.05, 3.63) is 27.7 Å². The molecule has 1 aromatic carbocycles. The highest BCUT2D eigenvalue weighted by atomic mass is 79.9. The van der Waals surface area contributed by atoms with Crippen molar-refractivity contribution in [3.63, 3.8) is 0 Å². The summed E-state index contributed by atoms with van der Waals surface area (Å²) in [6.07, 6.45) is 3.48. The van der Waals surface area contributed by atoms with E-state index in [2.05, 4.69) is 31.5 Å². The topological polar surface area (TPSA) is 54.0 Å². The maximum Gasteiger partial charge on any atom is 0.251 e. The van der Waals surface area contributed by atoms with Crippen molar-refractivity contribution in [2.75, 3.05) is 0 Å². The van der Waals surface area contributed by atoms with Crippen molar-refractivity contribution in [2.45, 2.75) is 37.4 Å². The molecule has 6 heteroatoms. The molecule has 0 radical (unpaired) electrons. The van der Waals surface area contributed by atoms with E-state index in [1.807, 2.05) is 18.2 Å². The van der Waals surface area contributed by atoms with Crippen molar-refractivity contribution in [1.82, 2.24) is 15.6 Å². The summed E-state index contributed by atoms with van der Waals surface area (Å²) in [4.78, 5) is 16.7. The lowest BCUT2D eigenvalue weighted by atomic mass is 9.95. The minimum Gasteiger partial charge on any atom is -0.348 e. The predicted octanol–water partition coefficient (Wildman–Crippen LogP) is 2.68. The lowest BCUT2D eigenvalue weighted by molar-refractivity contribution is 0.0931. The summed E-state index contributed by atoms with van der Waals surface area (Å²) in [6, 6.07) is 7.05. The van der Waals surface area contributed by atoms with Gasteiger partial charge in [0, 0.05) is 23.7 Å². The fourth-order valence-electron chi connectivity index (χ4n) is 3.28. The van der Waals surface area contributed by atoms with Crippen LogP contribution in [0, 0.1) is 0 Å².